The van der Waals surface area contributed by atoms with Gasteiger partial charge in [-0.25, -0.2) is 23.7 Å². The van der Waals surface area contributed by atoms with Crippen LogP contribution >= 0.6 is 0 Å². The van der Waals surface area contributed by atoms with E-state index in [0.717, 1.165) is 35.0 Å². The molecule has 238 valence electrons. The molecule has 4 N–H and O–H groups in total. The van der Waals surface area contributed by atoms with Crippen molar-refractivity contribution >= 4 is 28.8 Å². The summed E-state index contributed by atoms with van der Waals surface area (Å²) in [4.78, 5) is 23.7. The Labute approximate surface area is 261 Å². The highest BCUT2D eigenvalue weighted by atomic mass is 19.1. The molecular weight excluding hydrogens is 577 g/mol. The molecule has 3 aromatic heterocycles. The number of amidine groups is 1. The number of carbonyl (C=O) groups excluding carboxylic acids is 1. The third kappa shape index (κ3) is 6.79. The summed E-state index contributed by atoms with van der Waals surface area (Å²) in [5.74, 6) is -0.582. The second kappa shape index (κ2) is 12.6. The number of likely N-dealkylation sites (tertiary alicyclic amines) is 1. The van der Waals surface area contributed by atoms with Gasteiger partial charge in [0.05, 0.1) is 41.8 Å². The van der Waals surface area contributed by atoms with E-state index < -0.39 is 17.2 Å². The quantitative estimate of drug-likeness (QED) is 0.162. The van der Waals surface area contributed by atoms with Crippen LogP contribution in [-0.4, -0.2) is 68.4 Å². The predicted molar refractivity (Wildman–Crippen MR) is 172 cm³/mol. The molecule has 4 heterocycles. The van der Waals surface area contributed by atoms with Crippen molar-refractivity contribution in [2.75, 3.05) is 25.5 Å². The molecular formula is C33H40FN7O4. The number of nitrogens with two attached hydrogens (primary N) is 1. The van der Waals surface area contributed by atoms with Crippen LogP contribution < -0.4 is 15.8 Å². The number of nitrogens with one attached hydrogen (secondary N) is 1. The van der Waals surface area contributed by atoms with Crippen LogP contribution in [0.25, 0.3) is 16.6 Å². The lowest BCUT2D eigenvalue weighted by molar-refractivity contribution is 0.0235. The number of ether oxygens (including phenoxy) is 2. The number of nitrogens with zero attached hydrogens (tertiary/aromatic N) is 5. The Morgan fingerprint density at radius 1 is 1.24 bits per heavy atom. The van der Waals surface area contributed by atoms with Crippen molar-refractivity contribution < 1.29 is 23.8 Å². The maximum atomic E-state index is 14.3. The largest absolute Gasteiger partial charge is 0.505 e. The number of amides is 1. The van der Waals surface area contributed by atoms with Gasteiger partial charge in [0.25, 0.3) is 0 Å². The molecule has 1 aliphatic heterocycles. The predicted octanol–water partition coefficient (Wildman–Crippen LogP) is 5.97. The van der Waals surface area contributed by atoms with Crippen LogP contribution in [0, 0.1) is 12.7 Å². The number of methoxy groups -OCH3 is 1. The molecule has 0 spiro atoms. The van der Waals surface area contributed by atoms with Crippen LogP contribution in [0.15, 0.2) is 47.8 Å². The van der Waals surface area contributed by atoms with E-state index in [1.165, 1.54) is 12.1 Å². The first kappa shape index (κ1) is 31.6. The number of phenols is 1. The van der Waals surface area contributed by atoms with Crippen molar-refractivity contribution in [3.63, 3.8) is 0 Å². The second-order valence-electron chi connectivity index (χ2n) is 12.2. The lowest BCUT2D eigenvalue weighted by Crippen LogP contribution is -2.42. The van der Waals surface area contributed by atoms with Crippen molar-refractivity contribution in [2.24, 2.45) is 10.7 Å². The second-order valence-corrected chi connectivity index (χ2v) is 12.2. The third-order valence-corrected chi connectivity index (χ3v) is 7.81. The van der Waals surface area contributed by atoms with E-state index in [1.807, 2.05) is 52.9 Å². The maximum absolute atomic E-state index is 14.3. The summed E-state index contributed by atoms with van der Waals surface area (Å²) < 4.78 is 27.0. The van der Waals surface area contributed by atoms with Gasteiger partial charge >= 0.3 is 6.09 Å². The van der Waals surface area contributed by atoms with E-state index in [2.05, 4.69) is 20.4 Å². The van der Waals surface area contributed by atoms with Gasteiger partial charge in [0.1, 0.15) is 11.4 Å². The van der Waals surface area contributed by atoms with Gasteiger partial charge in [-0.05, 0) is 70.2 Å². The van der Waals surface area contributed by atoms with Crippen LogP contribution in [-0.2, 0) is 11.2 Å². The van der Waals surface area contributed by atoms with Crippen LogP contribution in [0.1, 0.15) is 57.2 Å². The molecule has 0 saturated carbocycles. The molecule has 1 aliphatic rings. The molecule has 1 atom stereocenters. The highest BCUT2D eigenvalue weighted by Gasteiger charge is 2.32. The number of hydrogen-bond donors (Lipinski definition) is 3. The molecule has 11 nitrogen and oxygen atoms in total. The first-order valence-electron chi connectivity index (χ1n) is 15.0. The number of halogens is 1. The van der Waals surface area contributed by atoms with Gasteiger partial charge in [-0.15, -0.1) is 0 Å². The zero-order valence-electron chi connectivity index (χ0n) is 26.5. The fourth-order valence-corrected chi connectivity index (χ4v) is 5.53. The number of aromatic hydroxyl groups is 1. The topological polar surface area (TPSA) is 140 Å². The van der Waals surface area contributed by atoms with Crippen LogP contribution in [0.3, 0.4) is 0 Å². The number of phenolic OH excluding ortho intramolecular Hbond substituents is 1. The van der Waals surface area contributed by atoms with Gasteiger partial charge in [0.2, 0.25) is 5.88 Å². The lowest BCUT2D eigenvalue weighted by Gasteiger charge is -2.29. The van der Waals surface area contributed by atoms with Crippen molar-refractivity contribution in [1.82, 2.24) is 19.5 Å². The Hall–Kier alpha value is -4.87. The number of rotatable bonds is 8. The van der Waals surface area contributed by atoms with Crippen LogP contribution in [0.5, 0.6) is 11.6 Å². The number of hydrogen-bond acceptors (Lipinski definition) is 8. The number of pyridine rings is 1. The average molecular weight is 618 g/mol. The SMILES string of the molecule is CCc1cc(O)c(F)cc1N=C(N)c1cnn2cc(-c3cnc(OC)cc3C)cc2c1NC[C@H]1CCCN1C(=O)OC(C)(C)C. The summed E-state index contributed by atoms with van der Waals surface area (Å²) in [6.07, 6.45) is 7.11. The van der Waals surface area contributed by atoms with E-state index in [4.69, 9.17) is 15.2 Å². The van der Waals surface area contributed by atoms with Gasteiger partial charge in [0.15, 0.2) is 11.6 Å². The van der Waals surface area contributed by atoms with Gasteiger partial charge in [0, 0.05) is 48.7 Å². The molecule has 0 aliphatic carbocycles. The fourth-order valence-electron chi connectivity index (χ4n) is 5.53. The number of anilines is 1. The molecule has 1 amide bonds. The zero-order valence-corrected chi connectivity index (χ0v) is 26.5. The third-order valence-electron chi connectivity index (χ3n) is 7.81. The fraction of sp³-hybridized carbons (Fsp3) is 0.394. The number of fused-ring (bicyclic) bond motifs is 1. The van der Waals surface area contributed by atoms with E-state index in [0.29, 0.717) is 47.9 Å². The Balaban J connectivity index is 1.57. The van der Waals surface area contributed by atoms with Crippen molar-refractivity contribution in [1.29, 1.82) is 0 Å². The molecule has 5 rings (SSSR count). The van der Waals surface area contributed by atoms with Crippen molar-refractivity contribution in [3.8, 4) is 22.8 Å². The van der Waals surface area contributed by atoms with E-state index in [1.54, 1.807) is 28.9 Å². The molecule has 1 fully saturated rings. The van der Waals surface area contributed by atoms with Crippen molar-refractivity contribution in [2.45, 2.75) is 65.5 Å². The number of benzene rings is 1. The first-order valence-corrected chi connectivity index (χ1v) is 15.0. The van der Waals surface area contributed by atoms with Crippen LogP contribution in [0.2, 0.25) is 0 Å². The smallest absolute Gasteiger partial charge is 0.410 e. The Bertz CT molecular complexity index is 1760. The summed E-state index contributed by atoms with van der Waals surface area (Å²) in [5.41, 5.74) is 11.6. The van der Waals surface area contributed by atoms with Gasteiger partial charge in [-0.3, -0.25) is 0 Å². The highest BCUT2D eigenvalue weighted by Crippen LogP contribution is 2.33. The summed E-state index contributed by atoms with van der Waals surface area (Å²) in [6, 6.07) is 6.28. The molecule has 0 radical (unpaired) electrons. The standard InChI is InChI=1S/C33H40FN7O4/c1-7-20-13-28(42)25(34)14-26(20)39-31(35)24-17-38-41-18-21(23-16-36-29(44-6)11-19(23)2)12-27(41)30(24)37-15-22-9-8-10-40(22)32(43)45-33(3,4)5/h11-14,16-18,22,37,42H,7-10,15H2,1-6H3,(H2,35,39)/t22-/m1/s1. The zero-order chi connectivity index (χ0) is 32.5. The van der Waals surface area contributed by atoms with E-state index in [9.17, 15) is 14.3 Å². The molecule has 1 saturated heterocycles. The van der Waals surface area contributed by atoms with Gasteiger partial charge in [-0.1, -0.05) is 6.92 Å². The minimum absolute atomic E-state index is 0.112. The van der Waals surface area contributed by atoms with Crippen molar-refractivity contribution in [3.05, 3.63) is 65.4 Å². The Kier molecular flexibility index (Phi) is 8.85. The molecule has 4 aromatic rings. The molecule has 45 heavy (non-hydrogen) atoms. The number of aliphatic imine (C=N–C) groups is 1. The summed E-state index contributed by atoms with van der Waals surface area (Å²) in [6.45, 7) is 10.5. The summed E-state index contributed by atoms with van der Waals surface area (Å²) in [7, 11) is 1.58. The molecule has 12 heteroatoms. The molecule has 1 aromatic carbocycles. The first-order chi connectivity index (χ1) is 21.4. The summed E-state index contributed by atoms with van der Waals surface area (Å²) >= 11 is 0. The number of aryl methyl sites for hydroxylation is 2. The number of carbonyl (C=O) groups is 1. The monoisotopic (exact) mass is 617 g/mol. The summed E-state index contributed by atoms with van der Waals surface area (Å²) in [5, 5.41) is 18.0. The maximum Gasteiger partial charge on any atom is 0.410 e. The molecule has 0 unspecified atom stereocenters. The average Bonchev–Trinajstić information content (AvgIpc) is 3.64. The Morgan fingerprint density at radius 2 is 2.02 bits per heavy atom. The van der Waals surface area contributed by atoms with Gasteiger partial charge in [-0.2, -0.15) is 5.10 Å². The minimum atomic E-state index is -0.783. The molecule has 0 bridgehead atoms. The van der Waals surface area contributed by atoms with Crippen LogP contribution in [0.4, 0.5) is 20.6 Å². The normalized spacial score (nSPS) is 15.5. The van der Waals surface area contributed by atoms with E-state index >= 15 is 0 Å². The highest BCUT2D eigenvalue weighted by molar-refractivity contribution is 6.06. The Morgan fingerprint density at radius 3 is 2.71 bits per heavy atom. The lowest BCUT2D eigenvalue weighted by atomic mass is 10.1. The minimum Gasteiger partial charge on any atom is -0.505 e. The van der Waals surface area contributed by atoms with Gasteiger partial charge < -0.3 is 30.5 Å². The van der Waals surface area contributed by atoms with E-state index in [-0.39, 0.29) is 18.0 Å². The number of aromatic nitrogens is 3.